The Kier molecular flexibility index (Phi) is 7.28. The first-order chi connectivity index (χ1) is 16.7. The van der Waals surface area contributed by atoms with Crippen molar-refractivity contribution in [3.05, 3.63) is 65.2 Å². The molecule has 0 N–H and O–H groups in total. The highest BCUT2D eigenvalue weighted by atomic mass is 19.4. The number of alkyl halides is 3. The molecule has 2 heterocycles. The Hall–Kier alpha value is -3.16. The lowest BCUT2D eigenvalue weighted by atomic mass is 9.77. The first-order valence-corrected chi connectivity index (χ1v) is 11.7. The molecule has 1 spiro atoms. The number of rotatable bonds is 4. The number of piperidine rings is 1. The van der Waals surface area contributed by atoms with Crippen LogP contribution in [0.25, 0.3) is 0 Å². The maximum absolute atomic E-state index is 13.3. The van der Waals surface area contributed by atoms with Crippen LogP contribution in [0.15, 0.2) is 48.5 Å². The molecule has 0 bridgehead atoms. The number of amides is 1. The molecule has 0 atom stereocenters. The van der Waals surface area contributed by atoms with Crippen molar-refractivity contribution < 1.29 is 32.3 Å². The van der Waals surface area contributed by atoms with Gasteiger partial charge >= 0.3 is 18.4 Å². The molecule has 0 aromatic heterocycles. The molecule has 1 aliphatic carbocycles. The molecule has 0 unspecified atom stereocenters. The van der Waals surface area contributed by atoms with Crippen molar-refractivity contribution in [2.24, 2.45) is 0 Å². The first-order valence-electron chi connectivity index (χ1n) is 11.7. The topological polar surface area (TPSA) is 66.9 Å². The number of halogens is 3. The van der Waals surface area contributed by atoms with Crippen LogP contribution in [0.2, 0.25) is 0 Å². The van der Waals surface area contributed by atoms with Crippen molar-refractivity contribution in [3.63, 3.8) is 0 Å². The third-order valence-corrected chi connectivity index (χ3v) is 7.21. The van der Waals surface area contributed by atoms with Gasteiger partial charge in [0, 0.05) is 38.2 Å². The van der Waals surface area contributed by atoms with E-state index >= 15 is 0 Å². The number of para-hydroxylation sites is 1. The van der Waals surface area contributed by atoms with E-state index in [1.807, 2.05) is 30.3 Å². The average Bonchev–Trinajstić information content (AvgIpc) is 3.11. The Balaban J connectivity index is 0.000000917. The van der Waals surface area contributed by atoms with E-state index in [9.17, 15) is 18.0 Å². The van der Waals surface area contributed by atoms with E-state index in [0.717, 1.165) is 36.1 Å². The van der Waals surface area contributed by atoms with E-state index < -0.39 is 17.3 Å². The number of anilines is 1. The van der Waals surface area contributed by atoms with Crippen LogP contribution in [0.1, 0.15) is 54.7 Å². The number of likely N-dealkylation sites (tertiary alicyclic amines) is 1. The fourth-order valence-corrected chi connectivity index (χ4v) is 5.09. The Morgan fingerprint density at radius 3 is 2.26 bits per heavy atom. The van der Waals surface area contributed by atoms with Gasteiger partial charge in [-0.25, -0.2) is 4.79 Å². The summed E-state index contributed by atoms with van der Waals surface area (Å²) in [5.41, 5.74) is 1.58. The summed E-state index contributed by atoms with van der Waals surface area (Å²) >= 11 is 0. The zero-order chi connectivity index (χ0) is 25.1. The standard InChI is InChI=1S/C25H27F3N2O2.CO2/c26-25(27,28)20-9-10-22(18-5-4-6-18)19(15-20)16-29-13-11-24(12-14-29)17-30(23(31)32-24)21-7-2-1-3-8-21;2-1-3/h1-3,7-10,15,18H,4-6,11-14,16-17H2;. The Morgan fingerprint density at radius 1 is 1.03 bits per heavy atom. The van der Waals surface area contributed by atoms with Crippen LogP contribution in [0, 0.1) is 0 Å². The van der Waals surface area contributed by atoms with Gasteiger partial charge in [0.2, 0.25) is 0 Å². The number of hydrogen-bond donors (Lipinski definition) is 0. The van der Waals surface area contributed by atoms with Crippen LogP contribution < -0.4 is 4.90 Å². The minimum absolute atomic E-state index is 0.250. The molecule has 35 heavy (non-hydrogen) atoms. The third kappa shape index (κ3) is 5.57. The normalized spacial score (nSPS) is 20.0. The van der Waals surface area contributed by atoms with Crippen molar-refractivity contribution >= 4 is 17.9 Å². The smallest absolute Gasteiger partial charge is 0.416 e. The number of carbonyl (C=O) groups excluding carboxylic acids is 3. The summed E-state index contributed by atoms with van der Waals surface area (Å²) in [5, 5.41) is 0. The van der Waals surface area contributed by atoms with E-state index in [0.29, 0.717) is 44.9 Å². The van der Waals surface area contributed by atoms with Crippen LogP contribution in [0.3, 0.4) is 0 Å². The van der Waals surface area contributed by atoms with Gasteiger partial charge in [0.15, 0.2) is 0 Å². The van der Waals surface area contributed by atoms with E-state index in [1.54, 1.807) is 11.0 Å². The summed E-state index contributed by atoms with van der Waals surface area (Å²) in [4.78, 5) is 32.6. The maximum atomic E-state index is 13.3. The average molecular weight is 489 g/mol. The van der Waals surface area contributed by atoms with Crippen LogP contribution >= 0.6 is 0 Å². The SMILES string of the molecule is O=C1OC2(CCN(Cc3cc(C(F)(F)F)ccc3C3CCC3)CC2)CN1c1ccccc1.O=C=O. The Labute approximate surface area is 201 Å². The molecule has 6 nitrogen and oxygen atoms in total. The van der Waals surface area contributed by atoms with Gasteiger partial charge in [-0.2, -0.15) is 22.8 Å². The quantitative estimate of drug-likeness (QED) is 0.578. The van der Waals surface area contributed by atoms with Gasteiger partial charge < -0.3 is 4.74 Å². The highest BCUT2D eigenvalue weighted by Gasteiger charge is 2.47. The second-order valence-corrected chi connectivity index (χ2v) is 9.37. The van der Waals surface area contributed by atoms with E-state index in [2.05, 4.69) is 4.90 Å². The largest absolute Gasteiger partial charge is 0.441 e. The lowest BCUT2D eigenvalue weighted by Gasteiger charge is -2.38. The highest BCUT2D eigenvalue weighted by Crippen LogP contribution is 2.41. The second kappa shape index (κ2) is 10.2. The van der Waals surface area contributed by atoms with E-state index in [-0.39, 0.29) is 12.2 Å². The van der Waals surface area contributed by atoms with Crippen LogP contribution in [-0.2, 0) is 27.0 Å². The minimum atomic E-state index is -4.34. The van der Waals surface area contributed by atoms with Crippen LogP contribution in [0.4, 0.5) is 23.7 Å². The van der Waals surface area contributed by atoms with E-state index in [1.165, 1.54) is 12.1 Å². The van der Waals surface area contributed by atoms with Gasteiger partial charge in [-0.1, -0.05) is 30.7 Å². The van der Waals surface area contributed by atoms with Crippen molar-refractivity contribution in [2.45, 2.75) is 56.3 Å². The maximum Gasteiger partial charge on any atom is 0.416 e. The lowest BCUT2D eigenvalue weighted by molar-refractivity contribution is -0.191. The number of nitrogens with zero attached hydrogens (tertiary/aromatic N) is 2. The number of hydrogen-bond acceptors (Lipinski definition) is 5. The summed E-state index contributed by atoms with van der Waals surface area (Å²) in [6.07, 6.45) is 0.187. The molecular weight excluding hydrogens is 461 g/mol. The molecule has 1 amide bonds. The van der Waals surface area contributed by atoms with Crippen molar-refractivity contribution in [1.82, 2.24) is 4.90 Å². The fourth-order valence-electron chi connectivity index (χ4n) is 5.09. The Bertz CT molecular complexity index is 1070. The lowest BCUT2D eigenvalue weighted by Crippen LogP contribution is -2.46. The summed E-state index contributed by atoms with van der Waals surface area (Å²) in [6.45, 7) is 2.40. The van der Waals surface area contributed by atoms with Gasteiger partial charge in [0.1, 0.15) is 5.60 Å². The molecule has 2 saturated heterocycles. The predicted octanol–water partition coefficient (Wildman–Crippen LogP) is 5.38. The molecule has 2 aromatic carbocycles. The molecule has 3 aliphatic rings. The number of ether oxygens (including phenoxy) is 1. The van der Waals surface area contributed by atoms with E-state index in [4.69, 9.17) is 14.3 Å². The minimum Gasteiger partial charge on any atom is -0.441 e. The predicted molar refractivity (Wildman–Crippen MR) is 121 cm³/mol. The zero-order valence-electron chi connectivity index (χ0n) is 19.2. The molecule has 5 rings (SSSR count). The van der Waals surface area contributed by atoms with Crippen molar-refractivity contribution in [2.75, 3.05) is 24.5 Å². The summed E-state index contributed by atoms with van der Waals surface area (Å²) in [7, 11) is 0. The summed E-state index contributed by atoms with van der Waals surface area (Å²) < 4.78 is 45.8. The fraction of sp³-hybridized carbons (Fsp3) is 0.462. The van der Waals surface area contributed by atoms with Crippen LogP contribution in [0.5, 0.6) is 0 Å². The molecule has 9 heteroatoms. The molecule has 2 aliphatic heterocycles. The molecule has 186 valence electrons. The van der Waals surface area contributed by atoms with Gasteiger partial charge in [0.05, 0.1) is 12.1 Å². The van der Waals surface area contributed by atoms with Crippen LogP contribution in [-0.4, -0.2) is 42.4 Å². The molecule has 3 fully saturated rings. The molecule has 1 saturated carbocycles. The Morgan fingerprint density at radius 2 is 1.69 bits per heavy atom. The molecular formula is C26H27F3N2O4. The monoisotopic (exact) mass is 488 g/mol. The highest BCUT2D eigenvalue weighted by molar-refractivity contribution is 5.90. The van der Waals surface area contributed by atoms with Crippen molar-refractivity contribution in [1.29, 1.82) is 0 Å². The van der Waals surface area contributed by atoms with Gasteiger partial charge in [-0.3, -0.25) is 9.80 Å². The van der Waals surface area contributed by atoms with Gasteiger partial charge in [0.25, 0.3) is 0 Å². The number of carbonyl (C=O) groups is 1. The summed E-state index contributed by atoms with van der Waals surface area (Å²) in [6, 6.07) is 13.7. The number of benzene rings is 2. The first kappa shape index (κ1) is 24.9. The van der Waals surface area contributed by atoms with Gasteiger partial charge in [-0.15, -0.1) is 0 Å². The summed E-state index contributed by atoms with van der Waals surface area (Å²) in [5.74, 6) is 0.374. The van der Waals surface area contributed by atoms with Gasteiger partial charge in [-0.05, 0) is 54.2 Å². The zero-order valence-corrected chi connectivity index (χ0v) is 19.2. The third-order valence-electron chi connectivity index (χ3n) is 7.21. The molecule has 0 radical (unpaired) electrons. The second-order valence-electron chi connectivity index (χ2n) is 9.37. The molecule has 2 aromatic rings. The van der Waals surface area contributed by atoms with Crippen molar-refractivity contribution in [3.8, 4) is 0 Å².